The van der Waals surface area contributed by atoms with Crippen LogP contribution in [0.4, 0.5) is 0 Å². The van der Waals surface area contributed by atoms with E-state index in [2.05, 4.69) is 34.3 Å². The van der Waals surface area contributed by atoms with Gasteiger partial charge in [-0.3, -0.25) is 9.97 Å². The van der Waals surface area contributed by atoms with Crippen LogP contribution in [0.1, 0.15) is 43.8 Å². The quantitative estimate of drug-likeness (QED) is 0.885. The summed E-state index contributed by atoms with van der Waals surface area (Å²) in [5.74, 6) is 0.880. The van der Waals surface area contributed by atoms with Crippen LogP contribution in [-0.4, -0.2) is 22.6 Å². The zero-order chi connectivity index (χ0) is 15.2. The van der Waals surface area contributed by atoms with E-state index in [-0.39, 0.29) is 12.1 Å². The Balaban J connectivity index is 2.31. The van der Waals surface area contributed by atoms with E-state index < -0.39 is 0 Å². The smallest absolute Gasteiger partial charge is 0.120 e. The molecule has 112 valence electrons. The van der Waals surface area contributed by atoms with E-state index in [1.165, 1.54) is 0 Å². The highest BCUT2D eigenvalue weighted by Crippen LogP contribution is 2.24. The SMILES string of the molecule is CCNC(c1cccc(OC(C)C)c1)c1cnc(C)cn1. The van der Waals surface area contributed by atoms with Crippen molar-refractivity contribution in [3.63, 3.8) is 0 Å². The van der Waals surface area contributed by atoms with Crippen molar-refractivity contribution < 1.29 is 4.74 Å². The Morgan fingerprint density at radius 1 is 1.19 bits per heavy atom. The molecule has 1 N–H and O–H groups in total. The van der Waals surface area contributed by atoms with E-state index >= 15 is 0 Å². The van der Waals surface area contributed by atoms with Gasteiger partial charge in [0, 0.05) is 6.20 Å². The molecule has 0 amide bonds. The number of aryl methyl sites for hydroxylation is 1. The molecular weight excluding hydrogens is 262 g/mol. The van der Waals surface area contributed by atoms with E-state index in [1.807, 2.05) is 39.1 Å². The molecule has 0 bridgehead atoms. The number of hydrogen-bond donors (Lipinski definition) is 1. The predicted octanol–water partition coefficient (Wildman–Crippen LogP) is 3.27. The molecule has 2 aromatic rings. The Labute approximate surface area is 126 Å². The summed E-state index contributed by atoms with van der Waals surface area (Å²) in [6.45, 7) is 8.94. The zero-order valence-electron chi connectivity index (χ0n) is 13.1. The first-order chi connectivity index (χ1) is 10.1. The Kier molecular flexibility index (Phi) is 5.28. The number of rotatable bonds is 6. The van der Waals surface area contributed by atoms with Crippen molar-refractivity contribution in [3.8, 4) is 5.75 Å². The minimum Gasteiger partial charge on any atom is -0.491 e. The molecule has 1 unspecified atom stereocenters. The molecule has 0 radical (unpaired) electrons. The summed E-state index contributed by atoms with van der Waals surface area (Å²) in [4.78, 5) is 8.84. The number of nitrogens with zero attached hydrogens (tertiary/aromatic N) is 2. The summed E-state index contributed by atoms with van der Waals surface area (Å²) < 4.78 is 5.77. The summed E-state index contributed by atoms with van der Waals surface area (Å²) in [6.07, 6.45) is 3.80. The topological polar surface area (TPSA) is 47.0 Å². The molecule has 0 aliphatic carbocycles. The third-order valence-corrected chi connectivity index (χ3v) is 3.07. The van der Waals surface area contributed by atoms with Gasteiger partial charge in [0.1, 0.15) is 5.75 Å². The minimum atomic E-state index is 0.0267. The molecule has 0 saturated heterocycles. The van der Waals surface area contributed by atoms with Crippen molar-refractivity contribution in [2.45, 2.75) is 39.8 Å². The van der Waals surface area contributed by atoms with E-state index in [9.17, 15) is 0 Å². The van der Waals surface area contributed by atoms with Crippen LogP contribution >= 0.6 is 0 Å². The van der Waals surface area contributed by atoms with Gasteiger partial charge in [0.05, 0.1) is 29.7 Å². The molecular formula is C17H23N3O. The molecule has 4 heteroatoms. The highest BCUT2D eigenvalue weighted by atomic mass is 16.5. The molecule has 0 fully saturated rings. The third kappa shape index (κ3) is 4.26. The van der Waals surface area contributed by atoms with Gasteiger partial charge in [-0.25, -0.2) is 0 Å². The van der Waals surface area contributed by atoms with E-state index in [1.54, 1.807) is 6.20 Å². The fourth-order valence-corrected chi connectivity index (χ4v) is 2.19. The van der Waals surface area contributed by atoms with E-state index in [0.29, 0.717) is 0 Å². The Bertz CT molecular complexity index is 567. The van der Waals surface area contributed by atoms with E-state index in [0.717, 1.165) is 29.2 Å². The Morgan fingerprint density at radius 2 is 2.00 bits per heavy atom. The normalized spacial score (nSPS) is 12.4. The number of ether oxygens (including phenoxy) is 1. The molecule has 4 nitrogen and oxygen atoms in total. The van der Waals surface area contributed by atoms with E-state index in [4.69, 9.17) is 4.74 Å². The molecule has 21 heavy (non-hydrogen) atoms. The number of nitrogens with one attached hydrogen (secondary N) is 1. The van der Waals surface area contributed by atoms with Gasteiger partial charge in [-0.15, -0.1) is 0 Å². The van der Waals surface area contributed by atoms with Gasteiger partial charge in [-0.2, -0.15) is 0 Å². The van der Waals surface area contributed by atoms with Crippen molar-refractivity contribution in [2.75, 3.05) is 6.54 Å². The molecule has 0 saturated carbocycles. The summed E-state index contributed by atoms with van der Waals surface area (Å²) >= 11 is 0. The third-order valence-electron chi connectivity index (χ3n) is 3.07. The number of benzene rings is 1. The van der Waals surface area contributed by atoms with Crippen molar-refractivity contribution in [1.29, 1.82) is 0 Å². The van der Waals surface area contributed by atoms with Crippen molar-refractivity contribution >= 4 is 0 Å². The first-order valence-electron chi connectivity index (χ1n) is 7.38. The second-order valence-electron chi connectivity index (χ2n) is 5.31. The van der Waals surface area contributed by atoms with Crippen LogP contribution in [0.25, 0.3) is 0 Å². The average molecular weight is 285 g/mol. The largest absolute Gasteiger partial charge is 0.491 e. The lowest BCUT2D eigenvalue weighted by molar-refractivity contribution is 0.242. The highest BCUT2D eigenvalue weighted by molar-refractivity contribution is 5.34. The maximum atomic E-state index is 5.77. The van der Waals surface area contributed by atoms with Crippen LogP contribution in [0.15, 0.2) is 36.7 Å². The van der Waals surface area contributed by atoms with Gasteiger partial charge in [0.15, 0.2) is 0 Å². The van der Waals surface area contributed by atoms with Crippen LogP contribution in [0, 0.1) is 6.92 Å². The molecule has 0 spiro atoms. The summed E-state index contributed by atoms with van der Waals surface area (Å²) in [5.41, 5.74) is 2.98. The molecule has 1 heterocycles. The minimum absolute atomic E-state index is 0.0267. The van der Waals surface area contributed by atoms with Gasteiger partial charge >= 0.3 is 0 Å². The lowest BCUT2D eigenvalue weighted by Crippen LogP contribution is -2.23. The maximum absolute atomic E-state index is 5.77. The van der Waals surface area contributed by atoms with Gasteiger partial charge in [-0.1, -0.05) is 19.1 Å². The van der Waals surface area contributed by atoms with Crippen molar-refractivity contribution in [3.05, 3.63) is 53.6 Å². The van der Waals surface area contributed by atoms with Crippen LogP contribution in [0.2, 0.25) is 0 Å². The monoisotopic (exact) mass is 285 g/mol. The summed E-state index contributed by atoms with van der Waals surface area (Å²) in [6, 6.07) is 8.17. The molecule has 1 aromatic heterocycles. The number of aromatic nitrogens is 2. The number of hydrogen-bond acceptors (Lipinski definition) is 4. The lowest BCUT2D eigenvalue weighted by atomic mass is 10.0. The van der Waals surface area contributed by atoms with Crippen LogP contribution in [-0.2, 0) is 0 Å². The summed E-state index contributed by atoms with van der Waals surface area (Å²) in [5, 5.41) is 3.46. The highest BCUT2D eigenvalue weighted by Gasteiger charge is 2.15. The fourth-order valence-electron chi connectivity index (χ4n) is 2.19. The predicted molar refractivity (Wildman–Crippen MR) is 84.5 cm³/mol. The molecule has 0 aliphatic heterocycles. The fraction of sp³-hybridized carbons (Fsp3) is 0.412. The van der Waals surface area contributed by atoms with Crippen LogP contribution in [0.3, 0.4) is 0 Å². The van der Waals surface area contributed by atoms with Gasteiger partial charge < -0.3 is 10.1 Å². The molecule has 2 rings (SSSR count). The first kappa shape index (κ1) is 15.4. The van der Waals surface area contributed by atoms with Crippen LogP contribution in [0.5, 0.6) is 5.75 Å². The lowest BCUT2D eigenvalue weighted by Gasteiger charge is -2.19. The average Bonchev–Trinajstić information content (AvgIpc) is 2.45. The van der Waals surface area contributed by atoms with Gasteiger partial charge in [0.2, 0.25) is 0 Å². The Morgan fingerprint density at radius 3 is 2.62 bits per heavy atom. The molecule has 0 aliphatic rings. The van der Waals surface area contributed by atoms with Gasteiger partial charge in [-0.05, 0) is 45.0 Å². The van der Waals surface area contributed by atoms with Crippen LogP contribution < -0.4 is 10.1 Å². The molecule has 1 atom stereocenters. The van der Waals surface area contributed by atoms with Crippen molar-refractivity contribution in [2.24, 2.45) is 0 Å². The zero-order valence-corrected chi connectivity index (χ0v) is 13.1. The molecule has 1 aromatic carbocycles. The Hall–Kier alpha value is -1.94. The maximum Gasteiger partial charge on any atom is 0.120 e. The second-order valence-corrected chi connectivity index (χ2v) is 5.31. The van der Waals surface area contributed by atoms with Gasteiger partial charge in [0.25, 0.3) is 0 Å². The summed E-state index contributed by atoms with van der Waals surface area (Å²) in [7, 11) is 0. The van der Waals surface area contributed by atoms with Crippen molar-refractivity contribution in [1.82, 2.24) is 15.3 Å². The second kappa shape index (κ2) is 7.18. The first-order valence-corrected chi connectivity index (χ1v) is 7.38. The standard InChI is InChI=1S/C17H23N3O/c1-5-18-17(16-11-19-13(4)10-20-16)14-7-6-8-15(9-14)21-12(2)3/h6-12,17-18H,5H2,1-4H3.